The Kier molecular flexibility index (Phi) is 4.04. The van der Waals surface area contributed by atoms with E-state index in [4.69, 9.17) is 21.1 Å². The maximum absolute atomic E-state index is 9.77. The first-order chi connectivity index (χ1) is 10.1. The highest BCUT2D eigenvalue weighted by Gasteiger charge is 2.18. The van der Waals surface area contributed by atoms with E-state index in [1.807, 2.05) is 36.4 Å². The van der Waals surface area contributed by atoms with Crippen molar-refractivity contribution in [3.05, 3.63) is 58.1 Å². The molecule has 0 bridgehead atoms. The average Bonchev–Trinajstić information content (AvgIpc) is 2.93. The van der Waals surface area contributed by atoms with Crippen LogP contribution in [0.2, 0.25) is 5.02 Å². The van der Waals surface area contributed by atoms with E-state index in [-0.39, 0.29) is 0 Å². The van der Waals surface area contributed by atoms with Gasteiger partial charge in [-0.25, -0.2) is 0 Å². The summed E-state index contributed by atoms with van der Waals surface area (Å²) >= 11 is 6.14. The van der Waals surface area contributed by atoms with Gasteiger partial charge < -0.3 is 14.6 Å². The van der Waals surface area contributed by atoms with Crippen molar-refractivity contribution >= 4 is 11.6 Å². The molecule has 0 aromatic heterocycles. The van der Waals surface area contributed by atoms with Gasteiger partial charge in [-0.1, -0.05) is 29.8 Å². The van der Waals surface area contributed by atoms with Crippen molar-refractivity contribution in [3.8, 4) is 11.5 Å². The number of fused-ring (bicyclic) bond motifs is 1. The quantitative estimate of drug-likeness (QED) is 0.931. The van der Waals surface area contributed by atoms with E-state index in [0.29, 0.717) is 24.0 Å². The number of aliphatic hydroxyl groups excluding tert-OH is 1. The van der Waals surface area contributed by atoms with E-state index >= 15 is 0 Å². The van der Waals surface area contributed by atoms with Crippen molar-refractivity contribution in [1.29, 1.82) is 0 Å². The van der Waals surface area contributed by atoms with E-state index in [0.717, 1.165) is 28.9 Å². The zero-order chi connectivity index (χ0) is 14.8. The number of benzene rings is 2. The molecule has 1 unspecified atom stereocenters. The van der Waals surface area contributed by atoms with Crippen LogP contribution >= 0.6 is 11.6 Å². The minimum Gasteiger partial charge on any atom is -0.493 e. The Bertz CT molecular complexity index is 652. The molecular formula is C17H17ClO3. The van der Waals surface area contributed by atoms with Crippen LogP contribution in [-0.4, -0.2) is 11.7 Å². The predicted octanol–water partition coefficient (Wildman–Crippen LogP) is 3.91. The monoisotopic (exact) mass is 304 g/mol. The Labute approximate surface area is 129 Å². The maximum Gasteiger partial charge on any atom is 0.129 e. The fraction of sp³-hybridized carbons (Fsp3) is 0.294. The zero-order valence-corrected chi connectivity index (χ0v) is 12.6. The van der Waals surface area contributed by atoms with Crippen LogP contribution in [-0.2, 0) is 13.0 Å². The van der Waals surface area contributed by atoms with Crippen molar-refractivity contribution in [2.45, 2.75) is 26.1 Å². The van der Waals surface area contributed by atoms with Crippen molar-refractivity contribution in [1.82, 2.24) is 0 Å². The Balaban J connectivity index is 1.83. The van der Waals surface area contributed by atoms with Crippen molar-refractivity contribution in [3.63, 3.8) is 0 Å². The lowest BCUT2D eigenvalue weighted by molar-refractivity contribution is 0.190. The molecule has 0 spiro atoms. The summed E-state index contributed by atoms with van der Waals surface area (Å²) in [5, 5.41) is 10.5. The molecule has 110 valence electrons. The van der Waals surface area contributed by atoms with Crippen LogP contribution in [0.1, 0.15) is 29.7 Å². The average molecular weight is 305 g/mol. The van der Waals surface area contributed by atoms with Gasteiger partial charge in [0.1, 0.15) is 18.1 Å². The standard InChI is InChI=1S/C17H17ClO3/c1-11(19)15-4-2-3-5-16(15)21-10-13-9-14(18)8-12-6-7-20-17(12)13/h2-5,8-9,11,19H,6-7,10H2,1H3. The molecular weight excluding hydrogens is 288 g/mol. The molecule has 0 radical (unpaired) electrons. The molecule has 1 N–H and O–H groups in total. The second kappa shape index (κ2) is 5.96. The molecule has 0 aliphatic carbocycles. The van der Waals surface area contributed by atoms with Crippen LogP contribution < -0.4 is 9.47 Å². The van der Waals surface area contributed by atoms with Gasteiger partial charge in [-0.15, -0.1) is 0 Å². The third kappa shape index (κ3) is 2.99. The first-order valence-electron chi connectivity index (χ1n) is 6.99. The van der Waals surface area contributed by atoms with Crippen molar-refractivity contribution in [2.75, 3.05) is 6.61 Å². The van der Waals surface area contributed by atoms with E-state index < -0.39 is 6.10 Å². The van der Waals surface area contributed by atoms with Crippen LogP contribution in [0.5, 0.6) is 11.5 Å². The molecule has 0 saturated heterocycles. The van der Waals surface area contributed by atoms with Crippen LogP contribution in [0.4, 0.5) is 0 Å². The van der Waals surface area contributed by atoms with Gasteiger partial charge in [0, 0.05) is 22.6 Å². The number of hydrogen-bond acceptors (Lipinski definition) is 3. The van der Waals surface area contributed by atoms with E-state index in [1.54, 1.807) is 6.92 Å². The second-order valence-corrected chi connectivity index (χ2v) is 5.59. The zero-order valence-electron chi connectivity index (χ0n) is 11.8. The van der Waals surface area contributed by atoms with Crippen LogP contribution in [0, 0.1) is 0 Å². The summed E-state index contributed by atoms with van der Waals surface area (Å²) < 4.78 is 11.5. The van der Waals surface area contributed by atoms with Gasteiger partial charge >= 0.3 is 0 Å². The minimum absolute atomic E-state index is 0.368. The lowest BCUT2D eigenvalue weighted by Gasteiger charge is -2.15. The van der Waals surface area contributed by atoms with Gasteiger partial charge in [0.2, 0.25) is 0 Å². The summed E-state index contributed by atoms with van der Waals surface area (Å²) in [5.41, 5.74) is 2.84. The highest BCUT2D eigenvalue weighted by atomic mass is 35.5. The molecule has 3 rings (SSSR count). The summed E-state index contributed by atoms with van der Waals surface area (Å²) in [6.45, 7) is 2.78. The maximum atomic E-state index is 9.77. The van der Waals surface area contributed by atoms with Crippen LogP contribution in [0.25, 0.3) is 0 Å². The molecule has 3 nitrogen and oxygen atoms in total. The molecule has 1 aliphatic rings. The number of rotatable bonds is 4. The summed E-state index contributed by atoms with van der Waals surface area (Å²) in [4.78, 5) is 0. The number of halogens is 1. The van der Waals surface area contributed by atoms with Gasteiger partial charge in [-0.05, 0) is 30.7 Å². The molecule has 0 fully saturated rings. The first-order valence-corrected chi connectivity index (χ1v) is 7.37. The minimum atomic E-state index is -0.567. The van der Waals surface area contributed by atoms with Gasteiger partial charge in [0.05, 0.1) is 12.7 Å². The summed E-state index contributed by atoms with van der Waals surface area (Å²) in [6, 6.07) is 11.3. The van der Waals surface area contributed by atoms with Gasteiger partial charge in [0.25, 0.3) is 0 Å². The molecule has 1 aliphatic heterocycles. The second-order valence-electron chi connectivity index (χ2n) is 5.15. The van der Waals surface area contributed by atoms with E-state index in [9.17, 15) is 5.11 Å². The number of ether oxygens (including phenoxy) is 2. The smallest absolute Gasteiger partial charge is 0.129 e. The van der Waals surface area contributed by atoms with Crippen molar-refractivity contribution in [2.24, 2.45) is 0 Å². The molecule has 0 saturated carbocycles. The van der Waals surface area contributed by atoms with Crippen LogP contribution in [0.15, 0.2) is 36.4 Å². The molecule has 2 aromatic rings. The lowest BCUT2D eigenvalue weighted by Crippen LogP contribution is -2.02. The largest absolute Gasteiger partial charge is 0.493 e. The number of aliphatic hydroxyl groups is 1. The van der Waals surface area contributed by atoms with Gasteiger partial charge in [-0.3, -0.25) is 0 Å². The molecule has 0 amide bonds. The predicted molar refractivity (Wildman–Crippen MR) is 82.1 cm³/mol. The Hall–Kier alpha value is -1.71. The summed E-state index contributed by atoms with van der Waals surface area (Å²) in [7, 11) is 0. The Morgan fingerprint density at radius 1 is 1.33 bits per heavy atom. The summed E-state index contributed by atoms with van der Waals surface area (Å²) in [6.07, 6.45) is 0.315. The fourth-order valence-electron chi connectivity index (χ4n) is 2.57. The normalized spacial score (nSPS) is 14.4. The first kappa shape index (κ1) is 14.2. The van der Waals surface area contributed by atoms with E-state index in [2.05, 4.69) is 0 Å². The van der Waals surface area contributed by atoms with Crippen molar-refractivity contribution < 1.29 is 14.6 Å². The third-order valence-electron chi connectivity index (χ3n) is 3.58. The molecule has 1 atom stereocenters. The Morgan fingerprint density at radius 2 is 2.14 bits per heavy atom. The highest BCUT2D eigenvalue weighted by molar-refractivity contribution is 6.30. The third-order valence-corrected chi connectivity index (χ3v) is 3.80. The highest BCUT2D eigenvalue weighted by Crippen LogP contribution is 2.34. The van der Waals surface area contributed by atoms with Crippen LogP contribution in [0.3, 0.4) is 0 Å². The molecule has 1 heterocycles. The Morgan fingerprint density at radius 3 is 2.95 bits per heavy atom. The number of hydrogen-bond donors (Lipinski definition) is 1. The summed E-state index contributed by atoms with van der Waals surface area (Å²) in [5.74, 6) is 1.56. The molecule has 2 aromatic carbocycles. The molecule has 4 heteroatoms. The van der Waals surface area contributed by atoms with Gasteiger partial charge in [-0.2, -0.15) is 0 Å². The SMILES string of the molecule is CC(O)c1ccccc1OCc1cc(Cl)cc2c1OCC2. The number of para-hydroxylation sites is 1. The van der Waals surface area contributed by atoms with Gasteiger partial charge in [0.15, 0.2) is 0 Å². The van der Waals surface area contributed by atoms with E-state index in [1.165, 1.54) is 0 Å². The topological polar surface area (TPSA) is 38.7 Å². The lowest BCUT2D eigenvalue weighted by atomic mass is 10.1. The molecule has 21 heavy (non-hydrogen) atoms. The fourth-order valence-corrected chi connectivity index (χ4v) is 2.83.